The Bertz CT molecular complexity index is 762. The summed E-state index contributed by atoms with van der Waals surface area (Å²) in [6, 6.07) is 8.17. The van der Waals surface area contributed by atoms with Crippen molar-refractivity contribution in [2.75, 3.05) is 32.8 Å². The number of hydrogen-bond acceptors (Lipinski definition) is 5. The van der Waals surface area contributed by atoms with Gasteiger partial charge in [-0.25, -0.2) is 0 Å². The molecule has 1 amide bonds. The first-order chi connectivity index (χ1) is 13.3. The Balaban J connectivity index is 1.34. The summed E-state index contributed by atoms with van der Waals surface area (Å²) in [4.78, 5) is 28.7. The molecule has 4 heterocycles. The summed E-state index contributed by atoms with van der Waals surface area (Å²) < 4.78 is 0. The summed E-state index contributed by atoms with van der Waals surface area (Å²) in [6.07, 6.45) is 9.24. The van der Waals surface area contributed by atoms with Gasteiger partial charge >= 0.3 is 0 Å². The minimum absolute atomic E-state index is 0.232. The van der Waals surface area contributed by atoms with Crippen molar-refractivity contribution >= 4 is 5.91 Å². The normalized spacial score (nSPS) is 20.7. The summed E-state index contributed by atoms with van der Waals surface area (Å²) in [5.41, 5.74) is 3.28. The van der Waals surface area contributed by atoms with Crippen molar-refractivity contribution in [3.8, 4) is 11.3 Å². The molecule has 142 valence electrons. The largest absolute Gasteiger partial charge is 0.342 e. The number of nitrogens with zero attached hydrogens (tertiary/aromatic N) is 4. The van der Waals surface area contributed by atoms with E-state index in [0.717, 1.165) is 56.8 Å². The Morgan fingerprint density at radius 1 is 1.15 bits per heavy atom. The highest BCUT2D eigenvalue weighted by atomic mass is 16.7. The third-order valence-electron chi connectivity index (χ3n) is 5.42. The van der Waals surface area contributed by atoms with Crippen molar-refractivity contribution in [3.05, 3.63) is 48.4 Å². The lowest BCUT2D eigenvalue weighted by Gasteiger charge is -2.26. The van der Waals surface area contributed by atoms with E-state index in [1.165, 1.54) is 5.56 Å². The smallest absolute Gasteiger partial charge is 0.223 e. The molecule has 2 aromatic rings. The van der Waals surface area contributed by atoms with Crippen molar-refractivity contribution in [2.24, 2.45) is 0 Å². The van der Waals surface area contributed by atoms with Gasteiger partial charge in [-0.2, -0.15) is 5.06 Å². The molecule has 0 aromatic carbocycles. The summed E-state index contributed by atoms with van der Waals surface area (Å²) in [5, 5.41) is 1.94. The molecule has 6 heteroatoms. The third kappa shape index (κ3) is 4.51. The van der Waals surface area contributed by atoms with Crippen molar-refractivity contribution in [1.29, 1.82) is 0 Å². The predicted octanol–water partition coefficient (Wildman–Crippen LogP) is 2.88. The maximum absolute atomic E-state index is 12.6. The number of rotatable bonds is 5. The van der Waals surface area contributed by atoms with Crippen molar-refractivity contribution in [1.82, 2.24) is 19.9 Å². The summed E-state index contributed by atoms with van der Waals surface area (Å²) in [6.45, 7) is 4.03. The van der Waals surface area contributed by atoms with Crippen LogP contribution in [-0.4, -0.2) is 58.6 Å². The molecule has 1 unspecified atom stereocenters. The maximum atomic E-state index is 12.6. The molecule has 0 bridgehead atoms. The molecule has 0 saturated carbocycles. The van der Waals surface area contributed by atoms with Gasteiger partial charge in [0.05, 0.1) is 12.3 Å². The van der Waals surface area contributed by atoms with Crippen LogP contribution in [-0.2, 0) is 9.63 Å². The van der Waals surface area contributed by atoms with Gasteiger partial charge in [-0.1, -0.05) is 0 Å². The van der Waals surface area contributed by atoms with Gasteiger partial charge in [0.25, 0.3) is 0 Å². The Hall–Kier alpha value is -2.31. The molecule has 2 aromatic heterocycles. The number of carbonyl (C=O) groups is 1. The minimum atomic E-state index is 0.232. The molecule has 0 radical (unpaired) electrons. The quantitative estimate of drug-likeness (QED) is 0.814. The molecule has 6 nitrogen and oxygen atoms in total. The molecule has 0 spiro atoms. The van der Waals surface area contributed by atoms with Crippen LogP contribution in [0.4, 0.5) is 0 Å². The average molecular weight is 366 g/mol. The number of hydroxylamine groups is 2. The number of pyridine rings is 2. The topological polar surface area (TPSA) is 58.6 Å². The third-order valence-corrected chi connectivity index (χ3v) is 5.42. The summed E-state index contributed by atoms with van der Waals surface area (Å²) in [5.74, 6) is 0.610. The predicted molar refractivity (Wildman–Crippen MR) is 103 cm³/mol. The molecule has 2 aliphatic heterocycles. The van der Waals surface area contributed by atoms with E-state index in [4.69, 9.17) is 4.84 Å². The molecular weight excluding hydrogens is 340 g/mol. The Morgan fingerprint density at radius 3 is 2.85 bits per heavy atom. The van der Waals surface area contributed by atoms with Crippen molar-refractivity contribution < 1.29 is 9.63 Å². The van der Waals surface area contributed by atoms with Crippen LogP contribution in [0.2, 0.25) is 0 Å². The van der Waals surface area contributed by atoms with Crippen LogP contribution < -0.4 is 0 Å². The van der Waals surface area contributed by atoms with Crippen LogP contribution in [0, 0.1) is 0 Å². The van der Waals surface area contributed by atoms with Crippen LogP contribution >= 0.6 is 0 Å². The first-order valence-electron chi connectivity index (χ1n) is 9.81. The SMILES string of the molecule is O=C(CCN1CCCCO1)N1CCC(c2ccnc(-c3ccncc3)c2)C1. The second-order valence-electron chi connectivity index (χ2n) is 7.26. The summed E-state index contributed by atoms with van der Waals surface area (Å²) in [7, 11) is 0. The van der Waals surface area contributed by atoms with Gasteiger partial charge in [-0.15, -0.1) is 0 Å². The van der Waals surface area contributed by atoms with E-state index in [9.17, 15) is 4.79 Å². The molecule has 4 rings (SSSR count). The first-order valence-corrected chi connectivity index (χ1v) is 9.81. The first kappa shape index (κ1) is 18.1. The van der Waals surface area contributed by atoms with E-state index < -0.39 is 0 Å². The van der Waals surface area contributed by atoms with Gasteiger partial charge in [0.15, 0.2) is 0 Å². The Kier molecular flexibility index (Phi) is 5.75. The second-order valence-corrected chi connectivity index (χ2v) is 7.26. The lowest BCUT2D eigenvalue weighted by Crippen LogP contribution is -2.35. The number of likely N-dealkylation sites (tertiary alicyclic amines) is 1. The van der Waals surface area contributed by atoms with Gasteiger partial charge in [-0.3, -0.25) is 19.6 Å². The highest BCUT2D eigenvalue weighted by Gasteiger charge is 2.27. The lowest BCUT2D eigenvalue weighted by molar-refractivity contribution is -0.182. The average Bonchev–Trinajstić information content (AvgIpc) is 3.24. The molecular formula is C21H26N4O2. The molecule has 1 atom stereocenters. The summed E-state index contributed by atoms with van der Waals surface area (Å²) >= 11 is 0. The molecule has 2 fully saturated rings. The van der Waals surface area contributed by atoms with E-state index in [1.54, 1.807) is 12.4 Å². The lowest BCUT2D eigenvalue weighted by atomic mass is 9.97. The fraction of sp³-hybridized carbons (Fsp3) is 0.476. The van der Waals surface area contributed by atoms with Gasteiger partial charge in [-0.05, 0) is 49.1 Å². The van der Waals surface area contributed by atoms with Gasteiger partial charge in [0.2, 0.25) is 5.91 Å². The fourth-order valence-corrected chi connectivity index (χ4v) is 3.84. The molecule has 27 heavy (non-hydrogen) atoms. The monoisotopic (exact) mass is 366 g/mol. The number of hydrogen-bond donors (Lipinski definition) is 0. The van der Waals surface area contributed by atoms with Crippen molar-refractivity contribution in [2.45, 2.75) is 31.6 Å². The van der Waals surface area contributed by atoms with Crippen LogP contribution in [0.25, 0.3) is 11.3 Å². The minimum Gasteiger partial charge on any atom is -0.342 e. The fourth-order valence-electron chi connectivity index (χ4n) is 3.84. The zero-order chi connectivity index (χ0) is 18.5. The van der Waals surface area contributed by atoms with E-state index in [2.05, 4.69) is 22.1 Å². The highest BCUT2D eigenvalue weighted by molar-refractivity contribution is 5.76. The second kappa shape index (κ2) is 8.59. The standard InChI is InChI=1S/C21H26N4O2/c26-21(7-13-25-11-1-2-14-27-25)24-12-6-19(16-24)18-5-10-23-20(15-18)17-3-8-22-9-4-17/h3-5,8-10,15,19H,1-2,6-7,11-14,16H2. The zero-order valence-corrected chi connectivity index (χ0v) is 15.6. The van der Waals surface area contributed by atoms with Gasteiger partial charge < -0.3 is 4.90 Å². The van der Waals surface area contributed by atoms with E-state index in [-0.39, 0.29) is 5.91 Å². The number of amides is 1. The Morgan fingerprint density at radius 2 is 2.04 bits per heavy atom. The number of aromatic nitrogens is 2. The molecule has 2 saturated heterocycles. The van der Waals surface area contributed by atoms with Crippen LogP contribution in [0.5, 0.6) is 0 Å². The van der Waals surface area contributed by atoms with E-state index in [1.807, 2.05) is 28.3 Å². The zero-order valence-electron chi connectivity index (χ0n) is 15.6. The van der Waals surface area contributed by atoms with Crippen LogP contribution in [0.1, 0.15) is 37.2 Å². The van der Waals surface area contributed by atoms with Crippen LogP contribution in [0.3, 0.4) is 0 Å². The van der Waals surface area contributed by atoms with Gasteiger partial charge in [0, 0.05) is 62.7 Å². The molecule has 0 N–H and O–H groups in total. The molecule has 0 aliphatic carbocycles. The van der Waals surface area contributed by atoms with Crippen molar-refractivity contribution in [3.63, 3.8) is 0 Å². The van der Waals surface area contributed by atoms with E-state index >= 15 is 0 Å². The Labute approximate surface area is 160 Å². The van der Waals surface area contributed by atoms with Crippen LogP contribution in [0.15, 0.2) is 42.9 Å². The maximum Gasteiger partial charge on any atom is 0.223 e. The highest BCUT2D eigenvalue weighted by Crippen LogP contribution is 2.29. The molecule has 2 aliphatic rings. The number of carbonyl (C=O) groups excluding carboxylic acids is 1. The van der Waals surface area contributed by atoms with E-state index in [0.29, 0.717) is 18.9 Å². The van der Waals surface area contributed by atoms with Gasteiger partial charge in [0.1, 0.15) is 0 Å².